The van der Waals surface area contributed by atoms with Gasteiger partial charge in [0.05, 0.1) is 11.5 Å². The molecule has 0 saturated carbocycles. The predicted molar refractivity (Wildman–Crippen MR) is 72.0 cm³/mol. The molecular formula is C11H22O5S2. The summed E-state index contributed by atoms with van der Waals surface area (Å²) in [4.78, 5) is 11.5. The van der Waals surface area contributed by atoms with E-state index in [0.717, 1.165) is 12.8 Å². The van der Waals surface area contributed by atoms with Crippen LogP contribution in [-0.4, -0.2) is 32.8 Å². The molecule has 0 aliphatic carbocycles. The fraction of sp³-hybridized carbons (Fsp3) is 0.909. The second-order valence-electron chi connectivity index (χ2n) is 4.30. The smallest absolute Gasteiger partial charge is 0.263 e. The third kappa shape index (κ3) is 5.95. The van der Waals surface area contributed by atoms with E-state index < -0.39 is 24.1 Å². The molecule has 0 atom stereocenters. The highest BCUT2D eigenvalue weighted by Gasteiger charge is 2.33. The van der Waals surface area contributed by atoms with Crippen LogP contribution in [0.25, 0.3) is 0 Å². The Kier molecular flexibility index (Phi) is 7.70. The molecule has 0 saturated heterocycles. The first kappa shape index (κ1) is 17.6. The van der Waals surface area contributed by atoms with Gasteiger partial charge < -0.3 is 0 Å². The molecule has 0 amide bonds. The van der Waals surface area contributed by atoms with Crippen molar-refractivity contribution in [1.82, 2.24) is 0 Å². The monoisotopic (exact) mass is 298 g/mol. The van der Waals surface area contributed by atoms with Crippen LogP contribution in [0.1, 0.15) is 52.4 Å². The summed E-state index contributed by atoms with van der Waals surface area (Å²) in [6, 6.07) is 0. The lowest BCUT2D eigenvalue weighted by molar-refractivity contribution is 0.272. The number of hydrogen-bond donors (Lipinski definition) is 0. The summed E-state index contributed by atoms with van der Waals surface area (Å²) in [5, 5.41) is 0. The van der Waals surface area contributed by atoms with Crippen molar-refractivity contribution in [3.05, 3.63) is 0 Å². The van der Waals surface area contributed by atoms with Gasteiger partial charge >= 0.3 is 4.45 Å². The minimum Gasteiger partial charge on any atom is -0.263 e. The molecule has 0 aliphatic heterocycles. The maximum atomic E-state index is 11.6. The van der Waals surface area contributed by atoms with Gasteiger partial charge in [-0.15, -0.1) is 0 Å². The zero-order chi connectivity index (χ0) is 14.2. The lowest BCUT2D eigenvalue weighted by atomic mass is 10.3. The van der Waals surface area contributed by atoms with E-state index in [9.17, 15) is 21.6 Å². The number of rotatable bonds is 8. The fourth-order valence-corrected chi connectivity index (χ4v) is 4.99. The molecule has 0 bridgehead atoms. The summed E-state index contributed by atoms with van der Waals surface area (Å²) in [6.45, 7) is 3.80. The summed E-state index contributed by atoms with van der Waals surface area (Å²) in [5.74, 6) is -0.737. The largest absolute Gasteiger partial charge is 0.359 e. The van der Waals surface area contributed by atoms with Crippen LogP contribution in [0.5, 0.6) is 0 Å². The molecule has 18 heavy (non-hydrogen) atoms. The van der Waals surface area contributed by atoms with Crippen molar-refractivity contribution in [2.45, 2.75) is 52.4 Å². The molecule has 0 aliphatic rings. The molecule has 0 N–H and O–H groups in total. The van der Waals surface area contributed by atoms with E-state index >= 15 is 0 Å². The Hall–Kier alpha value is -0.430. The van der Waals surface area contributed by atoms with Gasteiger partial charge in [0.25, 0.3) is 0 Å². The fourth-order valence-electron chi connectivity index (χ4n) is 1.44. The molecule has 0 aromatic heterocycles. The van der Waals surface area contributed by atoms with Gasteiger partial charge in [-0.1, -0.05) is 39.5 Å². The van der Waals surface area contributed by atoms with Gasteiger partial charge in [-0.3, -0.25) is 4.79 Å². The predicted octanol–water partition coefficient (Wildman–Crippen LogP) is 2.32. The van der Waals surface area contributed by atoms with Crippen LogP contribution in [-0.2, 0) is 19.7 Å². The zero-order valence-corrected chi connectivity index (χ0v) is 12.6. The highest BCUT2D eigenvalue weighted by Crippen LogP contribution is 2.10. The second kappa shape index (κ2) is 7.89. The number of sulfone groups is 2. The van der Waals surface area contributed by atoms with Gasteiger partial charge in [-0.05, 0) is 12.8 Å². The Balaban J connectivity index is 4.61. The number of hydrogen-bond acceptors (Lipinski definition) is 5. The van der Waals surface area contributed by atoms with Crippen LogP contribution in [0.3, 0.4) is 0 Å². The Morgan fingerprint density at radius 1 is 0.722 bits per heavy atom. The lowest BCUT2D eigenvalue weighted by Crippen LogP contribution is -2.27. The molecule has 0 radical (unpaired) electrons. The molecule has 7 heteroatoms. The van der Waals surface area contributed by atoms with Crippen LogP contribution in [0.2, 0.25) is 0 Å². The number of carbonyl (C=O) groups excluding carboxylic acids is 1. The van der Waals surface area contributed by atoms with Crippen molar-refractivity contribution in [3.8, 4) is 0 Å². The quantitative estimate of drug-likeness (QED) is 0.642. The van der Waals surface area contributed by atoms with Crippen molar-refractivity contribution in [1.29, 1.82) is 0 Å². The first-order valence-electron chi connectivity index (χ1n) is 6.27. The van der Waals surface area contributed by atoms with Crippen molar-refractivity contribution in [3.63, 3.8) is 0 Å². The summed E-state index contributed by atoms with van der Waals surface area (Å²) in [6.07, 6.45) is 3.62. The second-order valence-corrected chi connectivity index (χ2v) is 8.58. The molecule has 0 heterocycles. The van der Waals surface area contributed by atoms with Gasteiger partial charge in [0.15, 0.2) is 0 Å². The first-order valence-corrected chi connectivity index (χ1v) is 9.58. The molecule has 0 spiro atoms. The number of carbonyl (C=O) groups is 1. The zero-order valence-electron chi connectivity index (χ0n) is 11.0. The minimum absolute atomic E-state index is 0.328. The van der Waals surface area contributed by atoms with Crippen LogP contribution in [0.15, 0.2) is 0 Å². The normalized spacial score (nSPS) is 12.6. The highest BCUT2D eigenvalue weighted by atomic mass is 32.3. The topological polar surface area (TPSA) is 85.3 Å². The van der Waals surface area contributed by atoms with E-state index in [1.54, 1.807) is 0 Å². The molecule has 0 unspecified atom stereocenters. The van der Waals surface area contributed by atoms with E-state index in [4.69, 9.17) is 0 Å². The molecule has 5 nitrogen and oxygen atoms in total. The van der Waals surface area contributed by atoms with Crippen molar-refractivity contribution in [2.24, 2.45) is 0 Å². The average Bonchev–Trinajstić information content (AvgIpc) is 2.28. The summed E-state index contributed by atoms with van der Waals surface area (Å²) >= 11 is 0. The molecule has 108 valence electrons. The Morgan fingerprint density at radius 3 is 1.33 bits per heavy atom. The molecule has 0 aromatic rings. The van der Waals surface area contributed by atoms with Crippen LogP contribution < -0.4 is 0 Å². The van der Waals surface area contributed by atoms with Gasteiger partial charge in [0.1, 0.15) is 0 Å². The van der Waals surface area contributed by atoms with Gasteiger partial charge in [-0.25, -0.2) is 16.8 Å². The van der Waals surface area contributed by atoms with E-state index in [-0.39, 0.29) is 11.5 Å². The van der Waals surface area contributed by atoms with Crippen LogP contribution in [0, 0.1) is 0 Å². The third-order valence-electron chi connectivity index (χ3n) is 2.54. The van der Waals surface area contributed by atoms with Crippen LogP contribution in [0.4, 0.5) is 4.79 Å². The molecule has 0 rings (SSSR count). The van der Waals surface area contributed by atoms with E-state index in [1.807, 2.05) is 13.8 Å². The minimum atomic E-state index is -4.15. The third-order valence-corrected chi connectivity index (χ3v) is 6.73. The number of unbranched alkanes of at least 4 members (excludes halogenated alkanes) is 4. The van der Waals surface area contributed by atoms with Gasteiger partial charge in [-0.2, -0.15) is 0 Å². The van der Waals surface area contributed by atoms with Gasteiger partial charge in [0.2, 0.25) is 19.7 Å². The maximum absolute atomic E-state index is 11.6. The molecular weight excluding hydrogens is 276 g/mol. The first-order chi connectivity index (χ1) is 8.28. The Labute approximate surface area is 110 Å². The Bertz CT molecular complexity index is 406. The standard InChI is InChI=1S/C11H22O5S2/c1-3-5-7-9-17(13,14)11(12)18(15,16)10-8-6-4-2/h3-10H2,1-2H3. The van der Waals surface area contributed by atoms with Crippen molar-refractivity contribution < 1.29 is 21.6 Å². The maximum Gasteiger partial charge on any atom is 0.359 e. The highest BCUT2D eigenvalue weighted by molar-refractivity contribution is 8.31. The Morgan fingerprint density at radius 2 is 1.06 bits per heavy atom. The van der Waals surface area contributed by atoms with E-state index in [0.29, 0.717) is 25.7 Å². The SMILES string of the molecule is CCCCCS(=O)(=O)C(=O)S(=O)(=O)CCCCC. The molecule has 0 fully saturated rings. The summed E-state index contributed by atoms with van der Waals surface area (Å²) in [5.41, 5.74) is 0. The summed E-state index contributed by atoms with van der Waals surface area (Å²) in [7, 11) is -8.31. The lowest BCUT2D eigenvalue weighted by Gasteiger charge is -2.04. The summed E-state index contributed by atoms with van der Waals surface area (Å²) < 4.78 is 44.6. The van der Waals surface area contributed by atoms with Crippen LogP contribution >= 0.6 is 0 Å². The average molecular weight is 298 g/mol. The van der Waals surface area contributed by atoms with E-state index in [2.05, 4.69) is 0 Å². The van der Waals surface area contributed by atoms with Crippen molar-refractivity contribution in [2.75, 3.05) is 11.5 Å². The van der Waals surface area contributed by atoms with Gasteiger partial charge in [0, 0.05) is 0 Å². The van der Waals surface area contributed by atoms with Crippen molar-refractivity contribution >= 4 is 24.1 Å². The molecule has 0 aromatic carbocycles. The van der Waals surface area contributed by atoms with E-state index in [1.165, 1.54) is 0 Å².